The van der Waals surface area contributed by atoms with Crippen LogP contribution in [0.4, 0.5) is 0 Å². The van der Waals surface area contributed by atoms with E-state index in [1.807, 2.05) is 6.07 Å². The van der Waals surface area contributed by atoms with Crippen molar-refractivity contribution in [3.05, 3.63) is 51.2 Å². The number of hydrogen-bond acceptors (Lipinski definition) is 4. The van der Waals surface area contributed by atoms with Gasteiger partial charge in [-0.25, -0.2) is 0 Å². The highest BCUT2D eigenvalue weighted by Crippen LogP contribution is 2.28. The zero-order chi connectivity index (χ0) is 14.5. The van der Waals surface area contributed by atoms with Crippen molar-refractivity contribution in [2.75, 3.05) is 14.2 Å². The summed E-state index contributed by atoms with van der Waals surface area (Å²) in [7, 11) is 3.09. The van der Waals surface area contributed by atoms with Gasteiger partial charge in [0, 0.05) is 10.4 Å². The summed E-state index contributed by atoms with van der Waals surface area (Å²) in [6, 6.07) is 8.74. The van der Waals surface area contributed by atoms with E-state index in [2.05, 4.69) is 0 Å². The van der Waals surface area contributed by atoms with Crippen LogP contribution in [0.2, 0.25) is 4.34 Å². The maximum atomic E-state index is 12.1. The number of thiophene rings is 1. The molecule has 0 unspecified atom stereocenters. The van der Waals surface area contributed by atoms with Gasteiger partial charge in [-0.2, -0.15) is 0 Å². The number of benzene rings is 1. The Labute approximate surface area is 126 Å². The van der Waals surface area contributed by atoms with Crippen molar-refractivity contribution < 1.29 is 14.3 Å². The van der Waals surface area contributed by atoms with Gasteiger partial charge < -0.3 is 9.47 Å². The number of allylic oxidation sites excluding steroid dienone is 1. The van der Waals surface area contributed by atoms with Gasteiger partial charge in [0.05, 0.1) is 18.6 Å². The quantitative estimate of drug-likeness (QED) is 0.610. The molecule has 0 atom stereocenters. The van der Waals surface area contributed by atoms with E-state index in [0.717, 1.165) is 4.88 Å². The predicted molar refractivity (Wildman–Crippen MR) is 82.2 cm³/mol. The summed E-state index contributed by atoms with van der Waals surface area (Å²) in [5.41, 5.74) is 0.543. The molecular formula is C15H13ClO3S. The fourth-order valence-corrected chi connectivity index (χ4v) is 2.63. The molecule has 0 fully saturated rings. The minimum atomic E-state index is -0.101. The van der Waals surface area contributed by atoms with Crippen LogP contribution in [0.15, 0.2) is 36.4 Å². The molecule has 0 amide bonds. The maximum absolute atomic E-state index is 12.1. The summed E-state index contributed by atoms with van der Waals surface area (Å²) in [5.74, 6) is 1.03. The fraction of sp³-hybridized carbons (Fsp3) is 0.133. The topological polar surface area (TPSA) is 35.5 Å². The van der Waals surface area contributed by atoms with Crippen molar-refractivity contribution in [1.29, 1.82) is 0 Å². The fourth-order valence-electron chi connectivity index (χ4n) is 1.66. The summed E-state index contributed by atoms with van der Waals surface area (Å²) in [6.45, 7) is 0. The van der Waals surface area contributed by atoms with Crippen molar-refractivity contribution in [2.45, 2.75) is 0 Å². The number of methoxy groups -OCH3 is 2. The van der Waals surface area contributed by atoms with E-state index in [9.17, 15) is 4.79 Å². The number of ether oxygens (including phenoxy) is 2. The van der Waals surface area contributed by atoms with E-state index >= 15 is 0 Å². The molecule has 5 heteroatoms. The highest BCUT2D eigenvalue weighted by atomic mass is 35.5. The zero-order valence-corrected chi connectivity index (χ0v) is 12.6. The molecule has 0 bridgehead atoms. The second-order valence-corrected chi connectivity index (χ2v) is 5.66. The molecule has 1 heterocycles. The lowest BCUT2D eigenvalue weighted by Gasteiger charge is -2.07. The van der Waals surface area contributed by atoms with Crippen LogP contribution in [-0.2, 0) is 0 Å². The highest BCUT2D eigenvalue weighted by molar-refractivity contribution is 7.17. The summed E-state index contributed by atoms with van der Waals surface area (Å²) < 4.78 is 11.0. The largest absolute Gasteiger partial charge is 0.493 e. The first-order valence-corrected chi connectivity index (χ1v) is 7.03. The van der Waals surface area contributed by atoms with Gasteiger partial charge in [0.15, 0.2) is 17.3 Å². The van der Waals surface area contributed by atoms with Gasteiger partial charge >= 0.3 is 0 Å². The third-order valence-corrected chi connectivity index (χ3v) is 3.86. The molecular weight excluding hydrogens is 296 g/mol. The summed E-state index contributed by atoms with van der Waals surface area (Å²) in [4.78, 5) is 13.0. The second kappa shape index (κ2) is 6.59. The minimum Gasteiger partial charge on any atom is -0.493 e. The zero-order valence-electron chi connectivity index (χ0n) is 11.1. The van der Waals surface area contributed by atoms with Crippen molar-refractivity contribution in [1.82, 2.24) is 0 Å². The van der Waals surface area contributed by atoms with Crippen LogP contribution >= 0.6 is 22.9 Å². The molecule has 0 saturated carbocycles. The molecule has 2 rings (SSSR count). The lowest BCUT2D eigenvalue weighted by molar-refractivity contribution is 0.104. The molecule has 0 aliphatic rings. The molecule has 20 heavy (non-hydrogen) atoms. The van der Waals surface area contributed by atoms with E-state index in [4.69, 9.17) is 21.1 Å². The monoisotopic (exact) mass is 308 g/mol. The van der Waals surface area contributed by atoms with Crippen molar-refractivity contribution in [3.8, 4) is 11.5 Å². The van der Waals surface area contributed by atoms with Crippen LogP contribution in [-0.4, -0.2) is 20.0 Å². The molecule has 1 aromatic heterocycles. The van der Waals surface area contributed by atoms with E-state index < -0.39 is 0 Å². The Hall–Kier alpha value is -1.78. The van der Waals surface area contributed by atoms with E-state index in [0.29, 0.717) is 21.4 Å². The molecule has 0 saturated heterocycles. The summed E-state index contributed by atoms with van der Waals surface area (Å²) in [6.07, 6.45) is 3.26. The Bertz CT molecular complexity index is 646. The predicted octanol–water partition coefficient (Wildman–Crippen LogP) is 4.31. The third-order valence-electron chi connectivity index (χ3n) is 2.66. The van der Waals surface area contributed by atoms with E-state index in [1.165, 1.54) is 24.5 Å². The van der Waals surface area contributed by atoms with Gasteiger partial charge in [-0.1, -0.05) is 11.6 Å². The number of carbonyl (C=O) groups excluding carboxylic acids is 1. The van der Waals surface area contributed by atoms with Gasteiger partial charge in [-0.3, -0.25) is 4.79 Å². The molecule has 0 N–H and O–H groups in total. The number of rotatable bonds is 5. The Morgan fingerprint density at radius 3 is 2.50 bits per heavy atom. The van der Waals surface area contributed by atoms with Gasteiger partial charge in [-0.05, 0) is 42.5 Å². The molecule has 0 radical (unpaired) electrons. The second-order valence-electron chi connectivity index (χ2n) is 3.91. The highest BCUT2D eigenvalue weighted by Gasteiger charge is 2.08. The maximum Gasteiger partial charge on any atom is 0.186 e. The van der Waals surface area contributed by atoms with Gasteiger partial charge in [0.1, 0.15) is 0 Å². The molecule has 3 nitrogen and oxygen atoms in total. The normalized spacial score (nSPS) is 10.8. The molecule has 0 aliphatic carbocycles. The Balaban J connectivity index is 2.19. The van der Waals surface area contributed by atoms with Crippen LogP contribution in [0.25, 0.3) is 6.08 Å². The van der Waals surface area contributed by atoms with Crippen molar-refractivity contribution >= 4 is 34.8 Å². The van der Waals surface area contributed by atoms with E-state index in [1.54, 1.807) is 37.5 Å². The molecule has 0 spiro atoms. The Morgan fingerprint density at radius 1 is 1.15 bits per heavy atom. The van der Waals surface area contributed by atoms with Crippen LogP contribution in [0.5, 0.6) is 11.5 Å². The van der Waals surface area contributed by atoms with Crippen LogP contribution in [0, 0.1) is 0 Å². The number of halogens is 1. The molecule has 104 valence electrons. The van der Waals surface area contributed by atoms with Crippen LogP contribution < -0.4 is 9.47 Å². The Morgan fingerprint density at radius 2 is 1.90 bits per heavy atom. The average Bonchev–Trinajstić information content (AvgIpc) is 2.89. The average molecular weight is 309 g/mol. The third kappa shape index (κ3) is 3.40. The first kappa shape index (κ1) is 14.6. The number of carbonyl (C=O) groups is 1. The van der Waals surface area contributed by atoms with Gasteiger partial charge in [-0.15, -0.1) is 11.3 Å². The number of ketones is 1. The summed E-state index contributed by atoms with van der Waals surface area (Å²) >= 11 is 7.26. The summed E-state index contributed by atoms with van der Waals surface area (Å²) in [5, 5.41) is 0. The van der Waals surface area contributed by atoms with Gasteiger partial charge in [0.25, 0.3) is 0 Å². The van der Waals surface area contributed by atoms with Crippen LogP contribution in [0.1, 0.15) is 15.2 Å². The number of hydrogen-bond donors (Lipinski definition) is 0. The van der Waals surface area contributed by atoms with Crippen LogP contribution in [0.3, 0.4) is 0 Å². The lowest BCUT2D eigenvalue weighted by atomic mass is 10.1. The molecule has 0 aliphatic heterocycles. The van der Waals surface area contributed by atoms with E-state index in [-0.39, 0.29) is 5.78 Å². The lowest BCUT2D eigenvalue weighted by Crippen LogP contribution is -1.97. The first-order chi connectivity index (χ1) is 9.63. The molecule has 2 aromatic rings. The smallest absolute Gasteiger partial charge is 0.186 e. The first-order valence-electron chi connectivity index (χ1n) is 5.84. The SMILES string of the molecule is COc1ccc(C(=O)C=Cc2ccc(Cl)s2)cc1OC. The van der Waals surface area contributed by atoms with Crippen molar-refractivity contribution in [2.24, 2.45) is 0 Å². The minimum absolute atomic E-state index is 0.101. The molecule has 1 aromatic carbocycles. The standard InChI is InChI=1S/C15H13ClO3S/c1-18-13-7-3-10(9-14(13)19-2)12(17)6-4-11-5-8-15(16)20-11/h3-9H,1-2H3. The van der Waals surface area contributed by atoms with Gasteiger partial charge in [0.2, 0.25) is 0 Å². The van der Waals surface area contributed by atoms with Crippen molar-refractivity contribution in [3.63, 3.8) is 0 Å². The Kier molecular flexibility index (Phi) is 4.82.